The van der Waals surface area contributed by atoms with Crippen LogP contribution < -0.4 is 15.5 Å². The summed E-state index contributed by atoms with van der Waals surface area (Å²) in [5.74, 6) is -0.0672. The van der Waals surface area contributed by atoms with Gasteiger partial charge in [0.1, 0.15) is 22.9 Å². The van der Waals surface area contributed by atoms with Gasteiger partial charge in [-0.05, 0) is 13.3 Å². The molecule has 1 aliphatic carbocycles. The number of halogens is 2. The van der Waals surface area contributed by atoms with Crippen LogP contribution in [0.1, 0.15) is 24.2 Å². The minimum atomic E-state index is -1.03. The second-order valence-corrected chi connectivity index (χ2v) is 8.31. The molecule has 34 heavy (non-hydrogen) atoms. The fourth-order valence-electron chi connectivity index (χ4n) is 4.06. The highest BCUT2D eigenvalue weighted by molar-refractivity contribution is 5.54. The van der Waals surface area contributed by atoms with E-state index in [0.717, 1.165) is 24.4 Å². The zero-order valence-electron chi connectivity index (χ0n) is 18.8. The Balaban J connectivity index is 1.51. The molecule has 0 spiro atoms. The van der Waals surface area contributed by atoms with Crippen molar-refractivity contribution < 1.29 is 18.3 Å². The van der Waals surface area contributed by atoms with Crippen LogP contribution in [0.4, 0.5) is 32.4 Å². The van der Waals surface area contributed by atoms with E-state index in [-0.39, 0.29) is 17.6 Å². The fraction of sp³-hybridized carbons (Fsp3) is 0.476. The van der Waals surface area contributed by atoms with Crippen LogP contribution in [0, 0.1) is 18.6 Å². The van der Waals surface area contributed by atoms with Crippen molar-refractivity contribution in [2.75, 3.05) is 48.9 Å². The number of anilines is 4. The molecule has 0 aromatic carbocycles. The molecule has 1 saturated carbocycles. The highest BCUT2D eigenvalue weighted by Crippen LogP contribution is 2.50. The molecule has 2 atom stereocenters. The average molecular weight is 473 g/mol. The van der Waals surface area contributed by atoms with Gasteiger partial charge in [0, 0.05) is 51.1 Å². The van der Waals surface area contributed by atoms with Crippen molar-refractivity contribution >= 4 is 23.7 Å². The van der Waals surface area contributed by atoms with Gasteiger partial charge in [-0.2, -0.15) is 20.1 Å². The molecule has 1 saturated heterocycles. The Morgan fingerprint density at radius 3 is 2.76 bits per heavy atom. The van der Waals surface area contributed by atoms with Crippen LogP contribution in [-0.2, 0) is 15.0 Å². The quantitative estimate of drug-likeness (QED) is 0.470. The molecule has 3 N–H and O–H groups in total. The monoisotopic (exact) mass is 473 g/mol. The lowest BCUT2D eigenvalue weighted by atomic mass is 10.1. The first-order valence-corrected chi connectivity index (χ1v) is 11.0. The van der Waals surface area contributed by atoms with Crippen LogP contribution in [0.15, 0.2) is 18.3 Å². The van der Waals surface area contributed by atoms with Gasteiger partial charge in [-0.3, -0.25) is 10.1 Å². The van der Waals surface area contributed by atoms with E-state index >= 15 is 0 Å². The largest absolute Gasteiger partial charge is 0.380 e. The van der Waals surface area contributed by atoms with Crippen LogP contribution in [0.25, 0.3) is 0 Å². The standard InChI is InChI=1S/C21H25F2N9O2/c1-12-8-16(31-30-12)25-18-26-19(28-20(27-18)32-4-3-6-34-7-5-32)29-21(10-15(21)33-2)17-14(23)9-13(22)11-24-17/h8-9,11,15H,3-7,10H2,1-2H3,(H3,25,26,27,28,29,30,31)/t15-,21-/m1/s1. The predicted molar refractivity (Wildman–Crippen MR) is 119 cm³/mol. The van der Waals surface area contributed by atoms with Gasteiger partial charge in [0.25, 0.3) is 0 Å². The summed E-state index contributed by atoms with van der Waals surface area (Å²) in [7, 11) is 1.53. The average Bonchev–Trinajstić information content (AvgIpc) is 3.46. The summed E-state index contributed by atoms with van der Waals surface area (Å²) in [5.41, 5.74) is -0.117. The van der Waals surface area contributed by atoms with E-state index in [1.807, 2.05) is 17.9 Å². The molecule has 1 aliphatic heterocycles. The van der Waals surface area contributed by atoms with Crippen LogP contribution in [0.3, 0.4) is 0 Å². The molecule has 2 fully saturated rings. The van der Waals surface area contributed by atoms with Gasteiger partial charge in [0.15, 0.2) is 5.82 Å². The highest BCUT2D eigenvalue weighted by atomic mass is 19.1. The number of nitrogens with zero attached hydrogens (tertiary/aromatic N) is 6. The van der Waals surface area contributed by atoms with Crippen molar-refractivity contribution in [3.05, 3.63) is 41.4 Å². The summed E-state index contributed by atoms with van der Waals surface area (Å²) in [6, 6.07) is 2.62. The normalized spacial score (nSPS) is 22.4. The zero-order chi connectivity index (χ0) is 23.7. The van der Waals surface area contributed by atoms with Crippen molar-refractivity contribution in [1.82, 2.24) is 30.1 Å². The third-order valence-electron chi connectivity index (χ3n) is 5.82. The van der Waals surface area contributed by atoms with E-state index in [1.54, 1.807) is 0 Å². The number of aromatic nitrogens is 6. The molecule has 3 aromatic heterocycles. The first kappa shape index (κ1) is 22.3. The second kappa shape index (κ2) is 9.06. The van der Waals surface area contributed by atoms with Crippen molar-refractivity contribution in [1.29, 1.82) is 0 Å². The minimum Gasteiger partial charge on any atom is -0.380 e. The van der Waals surface area contributed by atoms with E-state index in [9.17, 15) is 8.78 Å². The Morgan fingerprint density at radius 1 is 1.18 bits per heavy atom. The maximum atomic E-state index is 14.7. The number of hydrogen-bond acceptors (Lipinski definition) is 10. The predicted octanol–water partition coefficient (Wildman–Crippen LogP) is 2.27. The molecule has 0 unspecified atom stereocenters. The topological polar surface area (TPSA) is 126 Å². The lowest BCUT2D eigenvalue weighted by Crippen LogP contribution is -2.31. The van der Waals surface area contributed by atoms with Gasteiger partial charge in [0.05, 0.1) is 18.9 Å². The fourth-order valence-corrected chi connectivity index (χ4v) is 4.06. The number of ether oxygens (including phenoxy) is 2. The summed E-state index contributed by atoms with van der Waals surface area (Å²) in [6.45, 7) is 4.43. The maximum Gasteiger partial charge on any atom is 0.235 e. The number of H-pyrrole nitrogens is 1. The molecule has 0 bridgehead atoms. The van der Waals surface area contributed by atoms with Crippen molar-refractivity contribution in [3.8, 4) is 0 Å². The Hall–Kier alpha value is -3.45. The van der Waals surface area contributed by atoms with Crippen molar-refractivity contribution in [2.45, 2.75) is 31.4 Å². The molecule has 5 rings (SSSR count). The molecule has 3 aromatic rings. The Labute approximate surface area is 194 Å². The third-order valence-corrected chi connectivity index (χ3v) is 5.82. The molecular formula is C21H25F2N9O2. The Morgan fingerprint density at radius 2 is 2.03 bits per heavy atom. The first-order chi connectivity index (χ1) is 16.5. The van der Waals surface area contributed by atoms with Gasteiger partial charge in [0.2, 0.25) is 17.8 Å². The highest BCUT2D eigenvalue weighted by Gasteiger charge is 2.59. The molecule has 11 nitrogen and oxygen atoms in total. The summed E-state index contributed by atoms with van der Waals surface area (Å²) in [6.07, 6.45) is 1.84. The number of rotatable bonds is 7. The van der Waals surface area contributed by atoms with E-state index in [0.29, 0.717) is 44.5 Å². The van der Waals surface area contributed by atoms with E-state index in [2.05, 4.69) is 40.8 Å². The molecular weight excluding hydrogens is 448 g/mol. The van der Waals surface area contributed by atoms with Crippen LogP contribution in [0.5, 0.6) is 0 Å². The van der Waals surface area contributed by atoms with Gasteiger partial charge in [-0.25, -0.2) is 8.78 Å². The van der Waals surface area contributed by atoms with Gasteiger partial charge in [-0.1, -0.05) is 0 Å². The summed E-state index contributed by atoms with van der Waals surface area (Å²) >= 11 is 0. The number of aryl methyl sites for hydroxylation is 1. The van der Waals surface area contributed by atoms with E-state index < -0.39 is 23.3 Å². The number of aromatic amines is 1. The SMILES string of the molecule is CO[C@@H]1C[C@]1(Nc1nc(Nc2cc(C)[nH]n2)nc(N2CCCOCC2)n1)c1ncc(F)cc1F. The second-order valence-electron chi connectivity index (χ2n) is 8.31. The Bertz CT molecular complexity index is 1170. The number of nitrogens with one attached hydrogen (secondary N) is 3. The summed E-state index contributed by atoms with van der Waals surface area (Å²) in [5, 5.41) is 13.3. The summed E-state index contributed by atoms with van der Waals surface area (Å²) < 4.78 is 39.2. The van der Waals surface area contributed by atoms with E-state index in [1.165, 1.54) is 7.11 Å². The number of pyridine rings is 1. The van der Waals surface area contributed by atoms with Crippen LogP contribution >= 0.6 is 0 Å². The molecule has 0 amide bonds. The van der Waals surface area contributed by atoms with Crippen LogP contribution in [-0.4, -0.2) is 69.7 Å². The Kier molecular flexibility index (Phi) is 5.96. The van der Waals surface area contributed by atoms with Gasteiger partial charge in [-0.15, -0.1) is 0 Å². The minimum absolute atomic E-state index is 0.0447. The van der Waals surface area contributed by atoms with Gasteiger partial charge >= 0.3 is 0 Å². The molecule has 2 aliphatic rings. The van der Waals surface area contributed by atoms with Gasteiger partial charge < -0.3 is 25.0 Å². The molecule has 13 heteroatoms. The summed E-state index contributed by atoms with van der Waals surface area (Å²) in [4.78, 5) is 19.7. The lowest BCUT2D eigenvalue weighted by Gasteiger charge is -2.23. The lowest BCUT2D eigenvalue weighted by molar-refractivity contribution is 0.152. The number of methoxy groups -OCH3 is 1. The molecule has 180 valence electrons. The van der Waals surface area contributed by atoms with Crippen molar-refractivity contribution in [2.24, 2.45) is 0 Å². The van der Waals surface area contributed by atoms with E-state index in [4.69, 9.17) is 9.47 Å². The van der Waals surface area contributed by atoms with Crippen molar-refractivity contribution in [3.63, 3.8) is 0 Å². The third kappa shape index (κ3) is 4.48. The zero-order valence-corrected chi connectivity index (χ0v) is 18.8. The maximum absolute atomic E-state index is 14.7. The molecule has 0 radical (unpaired) electrons. The van der Waals surface area contributed by atoms with Crippen LogP contribution in [0.2, 0.25) is 0 Å². The smallest absolute Gasteiger partial charge is 0.235 e. The molecule has 4 heterocycles. The number of hydrogen-bond donors (Lipinski definition) is 3. The first-order valence-electron chi connectivity index (χ1n) is 11.0.